The fourth-order valence-electron chi connectivity index (χ4n) is 1.79. The second-order valence-electron chi connectivity index (χ2n) is 4.52. The highest BCUT2D eigenvalue weighted by Gasteiger charge is 1.99. The lowest BCUT2D eigenvalue weighted by atomic mass is 10.1. The maximum atomic E-state index is 11.9. The van der Waals surface area contributed by atoms with Gasteiger partial charge in [-0.25, -0.2) is 0 Å². The summed E-state index contributed by atoms with van der Waals surface area (Å²) in [7, 11) is 0. The van der Waals surface area contributed by atoms with Gasteiger partial charge in [-0.1, -0.05) is 64.5 Å². The predicted molar refractivity (Wildman–Crippen MR) is 90.2 cm³/mol. The van der Waals surface area contributed by atoms with E-state index in [0.717, 1.165) is 23.1 Å². The Kier molecular flexibility index (Phi) is 6.22. The lowest BCUT2D eigenvalue weighted by Gasteiger charge is -2.04. The minimum absolute atomic E-state index is 0.00764. The summed E-state index contributed by atoms with van der Waals surface area (Å²) in [6.45, 7) is 0.701. The highest BCUT2D eigenvalue weighted by atomic mass is 79.9. The molecule has 0 fully saturated rings. The second kappa shape index (κ2) is 8.42. The molecule has 0 aliphatic rings. The average Bonchev–Trinajstić information content (AvgIpc) is 2.55. The lowest BCUT2D eigenvalue weighted by Crippen LogP contribution is -1.97. The number of rotatable bonds is 7. The summed E-state index contributed by atoms with van der Waals surface area (Å²) in [5.74, 6) is 0.857. The molecule has 0 saturated carbocycles. The zero-order valence-corrected chi connectivity index (χ0v) is 13.3. The number of ether oxygens (including phenoxy) is 1. The molecule has 2 aromatic rings. The maximum absolute atomic E-state index is 11.9. The first-order chi connectivity index (χ1) is 10.3. The van der Waals surface area contributed by atoms with Gasteiger partial charge >= 0.3 is 0 Å². The zero-order valence-electron chi connectivity index (χ0n) is 11.7. The van der Waals surface area contributed by atoms with Crippen LogP contribution < -0.4 is 4.74 Å². The first kappa shape index (κ1) is 15.5. The van der Waals surface area contributed by atoms with Crippen LogP contribution in [0.25, 0.3) is 6.08 Å². The van der Waals surface area contributed by atoms with Crippen LogP contribution in [0, 0.1) is 0 Å². The van der Waals surface area contributed by atoms with E-state index in [1.54, 1.807) is 6.08 Å². The Hall–Kier alpha value is -1.87. The van der Waals surface area contributed by atoms with E-state index in [0.29, 0.717) is 12.2 Å². The van der Waals surface area contributed by atoms with E-state index in [1.807, 2.05) is 60.7 Å². The molecule has 3 heteroatoms. The van der Waals surface area contributed by atoms with Crippen LogP contribution >= 0.6 is 15.9 Å². The summed E-state index contributed by atoms with van der Waals surface area (Å²) in [5.41, 5.74) is 1.68. The van der Waals surface area contributed by atoms with Crippen LogP contribution in [0.1, 0.15) is 22.3 Å². The van der Waals surface area contributed by atoms with Crippen molar-refractivity contribution in [2.45, 2.75) is 6.42 Å². The third-order valence-electron chi connectivity index (χ3n) is 2.91. The van der Waals surface area contributed by atoms with Crippen LogP contribution in [0.3, 0.4) is 0 Å². The van der Waals surface area contributed by atoms with Gasteiger partial charge in [-0.3, -0.25) is 4.79 Å². The van der Waals surface area contributed by atoms with E-state index in [9.17, 15) is 4.79 Å². The van der Waals surface area contributed by atoms with Crippen LogP contribution in [0.5, 0.6) is 5.75 Å². The highest BCUT2D eigenvalue weighted by molar-refractivity contribution is 9.09. The first-order valence-electron chi connectivity index (χ1n) is 6.86. The van der Waals surface area contributed by atoms with Crippen molar-refractivity contribution < 1.29 is 9.53 Å². The molecule has 0 atom stereocenters. The topological polar surface area (TPSA) is 26.3 Å². The standard InChI is InChI=1S/C18H17BrO2/c19-13-4-14-21-17-10-7-15(8-11-17)9-12-18(20)16-5-2-1-3-6-16/h1-3,5-12H,4,13-14H2. The molecule has 0 unspecified atom stereocenters. The Morgan fingerprint density at radius 3 is 2.43 bits per heavy atom. The smallest absolute Gasteiger partial charge is 0.185 e. The normalized spacial score (nSPS) is 10.7. The molecule has 21 heavy (non-hydrogen) atoms. The van der Waals surface area contributed by atoms with Gasteiger partial charge in [0.25, 0.3) is 0 Å². The number of alkyl halides is 1. The Labute approximate surface area is 133 Å². The molecule has 0 bridgehead atoms. The van der Waals surface area contributed by atoms with Crippen molar-refractivity contribution in [3.63, 3.8) is 0 Å². The van der Waals surface area contributed by atoms with Gasteiger partial charge < -0.3 is 4.74 Å². The molecule has 0 aromatic heterocycles. The van der Waals surface area contributed by atoms with E-state index < -0.39 is 0 Å². The molecule has 108 valence electrons. The Bertz CT molecular complexity index is 588. The molecular weight excluding hydrogens is 328 g/mol. The second-order valence-corrected chi connectivity index (χ2v) is 5.32. The maximum Gasteiger partial charge on any atom is 0.185 e. The van der Waals surface area contributed by atoms with Crippen molar-refractivity contribution in [2.75, 3.05) is 11.9 Å². The van der Waals surface area contributed by atoms with Crippen LogP contribution in [0.2, 0.25) is 0 Å². The van der Waals surface area contributed by atoms with E-state index in [2.05, 4.69) is 15.9 Å². The van der Waals surface area contributed by atoms with E-state index in [4.69, 9.17) is 4.74 Å². The summed E-state index contributed by atoms with van der Waals surface area (Å²) in [4.78, 5) is 11.9. The van der Waals surface area contributed by atoms with Gasteiger partial charge in [0.15, 0.2) is 5.78 Å². The quantitative estimate of drug-likeness (QED) is 0.313. The van der Waals surface area contributed by atoms with Crippen molar-refractivity contribution in [3.05, 3.63) is 71.8 Å². The van der Waals surface area contributed by atoms with Gasteiger partial charge in [0.05, 0.1) is 6.61 Å². The molecule has 2 nitrogen and oxygen atoms in total. The predicted octanol–water partition coefficient (Wildman–Crippen LogP) is 4.75. The minimum Gasteiger partial charge on any atom is -0.494 e. The Morgan fingerprint density at radius 1 is 1.05 bits per heavy atom. The van der Waals surface area contributed by atoms with Crippen LogP contribution in [0.4, 0.5) is 0 Å². The minimum atomic E-state index is 0.00764. The number of benzene rings is 2. The molecular formula is C18H17BrO2. The number of allylic oxidation sites excluding steroid dienone is 1. The van der Waals surface area contributed by atoms with Gasteiger partial charge in [-0.05, 0) is 30.2 Å². The summed E-state index contributed by atoms with van der Waals surface area (Å²) in [6, 6.07) is 17.0. The monoisotopic (exact) mass is 344 g/mol. The van der Waals surface area contributed by atoms with Crippen molar-refractivity contribution in [1.82, 2.24) is 0 Å². The van der Waals surface area contributed by atoms with Crippen LogP contribution in [-0.4, -0.2) is 17.7 Å². The fraction of sp³-hybridized carbons (Fsp3) is 0.167. The fourth-order valence-corrected chi connectivity index (χ4v) is 2.02. The number of halogens is 1. The van der Waals surface area contributed by atoms with Gasteiger partial charge in [0.1, 0.15) is 5.75 Å². The van der Waals surface area contributed by atoms with E-state index >= 15 is 0 Å². The molecule has 0 aliphatic carbocycles. The van der Waals surface area contributed by atoms with Crippen LogP contribution in [0.15, 0.2) is 60.7 Å². The largest absolute Gasteiger partial charge is 0.494 e. The molecule has 0 amide bonds. The number of hydrogen-bond acceptors (Lipinski definition) is 2. The summed E-state index contributed by atoms with van der Waals surface area (Å²) in [6.07, 6.45) is 4.39. The molecule has 0 radical (unpaired) electrons. The number of hydrogen-bond donors (Lipinski definition) is 0. The van der Waals surface area contributed by atoms with Gasteiger partial charge in [-0.15, -0.1) is 0 Å². The van der Waals surface area contributed by atoms with E-state index in [-0.39, 0.29) is 5.78 Å². The third-order valence-corrected chi connectivity index (χ3v) is 3.47. The first-order valence-corrected chi connectivity index (χ1v) is 7.98. The lowest BCUT2D eigenvalue weighted by molar-refractivity contribution is 0.104. The van der Waals surface area contributed by atoms with Gasteiger partial charge in [0, 0.05) is 10.9 Å². The molecule has 0 spiro atoms. The third kappa shape index (κ3) is 5.20. The Balaban J connectivity index is 1.93. The van der Waals surface area contributed by atoms with Crippen molar-refractivity contribution in [1.29, 1.82) is 0 Å². The van der Waals surface area contributed by atoms with Crippen molar-refractivity contribution >= 4 is 27.8 Å². The highest BCUT2D eigenvalue weighted by Crippen LogP contribution is 2.14. The number of carbonyl (C=O) groups excluding carboxylic acids is 1. The van der Waals surface area contributed by atoms with Crippen molar-refractivity contribution in [2.24, 2.45) is 0 Å². The molecule has 2 aromatic carbocycles. The van der Waals surface area contributed by atoms with Crippen LogP contribution in [-0.2, 0) is 0 Å². The molecule has 0 N–H and O–H groups in total. The average molecular weight is 345 g/mol. The number of carbonyl (C=O) groups is 1. The van der Waals surface area contributed by atoms with Gasteiger partial charge in [0.2, 0.25) is 0 Å². The SMILES string of the molecule is O=C(C=Cc1ccc(OCCCBr)cc1)c1ccccc1. The Morgan fingerprint density at radius 2 is 1.76 bits per heavy atom. The molecule has 0 aliphatic heterocycles. The zero-order chi connectivity index (χ0) is 14.9. The number of ketones is 1. The van der Waals surface area contributed by atoms with E-state index in [1.165, 1.54) is 0 Å². The molecule has 2 rings (SSSR count). The summed E-state index contributed by atoms with van der Waals surface area (Å²) in [5, 5.41) is 0.940. The summed E-state index contributed by atoms with van der Waals surface area (Å²) >= 11 is 3.37. The summed E-state index contributed by atoms with van der Waals surface area (Å²) < 4.78 is 5.58. The molecule has 0 heterocycles. The van der Waals surface area contributed by atoms with Gasteiger partial charge in [-0.2, -0.15) is 0 Å². The molecule has 0 saturated heterocycles. The van der Waals surface area contributed by atoms with Crippen molar-refractivity contribution in [3.8, 4) is 5.75 Å².